The maximum absolute atomic E-state index is 5.41. The average molecular weight is 249 g/mol. The maximum atomic E-state index is 5.41. The summed E-state index contributed by atoms with van der Waals surface area (Å²) in [5.41, 5.74) is 2.37. The Bertz CT molecular complexity index is 389. The van der Waals surface area contributed by atoms with Gasteiger partial charge in [-0.2, -0.15) is 0 Å². The van der Waals surface area contributed by atoms with Crippen LogP contribution < -0.4 is 10.2 Å². The standard InChI is InChI=1S/C14H23N3O/c1-11-8-12(10-15-2)9-14(16-11)17(3)13-4-6-18-7-5-13/h8-9,13,15H,4-7,10H2,1-3H3. The maximum Gasteiger partial charge on any atom is 0.129 e. The smallest absolute Gasteiger partial charge is 0.129 e. The SMILES string of the molecule is CNCc1cc(C)nc(N(C)C2CCOCC2)c1. The van der Waals surface area contributed by atoms with Crippen molar-refractivity contribution in [2.45, 2.75) is 32.4 Å². The highest BCUT2D eigenvalue weighted by atomic mass is 16.5. The van der Waals surface area contributed by atoms with Crippen LogP contribution in [0, 0.1) is 6.92 Å². The van der Waals surface area contributed by atoms with E-state index in [0.717, 1.165) is 44.1 Å². The summed E-state index contributed by atoms with van der Waals surface area (Å²) in [7, 11) is 4.11. The van der Waals surface area contributed by atoms with Gasteiger partial charge in [0, 0.05) is 38.5 Å². The van der Waals surface area contributed by atoms with Crippen molar-refractivity contribution in [3.8, 4) is 0 Å². The van der Waals surface area contributed by atoms with Crippen molar-refractivity contribution in [1.82, 2.24) is 10.3 Å². The molecule has 1 N–H and O–H groups in total. The Morgan fingerprint density at radius 1 is 1.39 bits per heavy atom. The first-order chi connectivity index (χ1) is 8.70. The molecular weight excluding hydrogens is 226 g/mol. The molecule has 0 aliphatic carbocycles. The van der Waals surface area contributed by atoms with Gasteiger partial charge in [-0.1, -0.05) is 0 Å². The monoisotopic (exact) mass is 249 g/mol. The minimum Gasteiger partial charge on any atom is -0.381 e. The zero-order valence-corrected chi connectivity index (χ0v) is 11.6. The van der Waals surface area contributed by atoms with E-state index >= 15 is 0 Å². The van der Waals surface area contributed by atoms with Crippen LogP contribution in [0.3, 0.4) is 0 Å². The Kier molecular flexibility index (Phi) is 4.55. The summed E-state index contributed by atoms with van der Waals surface area (Å²) < 4.78 is 5.41. The summed E-state index contributed by atoms with van der Waals surface area (Å²) in [4.78, 5) is 6.95. The summed E-state index contributed by atoms with van der Waals surface area (Å²) >= 11 is 0. The fourth-order valence-corrected chi connectivity index (χ4v) is 2.47. The largest absolute Gasteiger partial charge is 0.381 e. The fraction of sp³-hybridized carbons (Fsp3) is 0.643. The Balaban J connectivity index is 2.15. The topological polar surface area (TPSA) is 37.4 Å². The third kappa shape index (κ3) is 3.21. The number of hydrogen-bond acceptors (Lipinski definition) is 4. The number of aromatic nitrogens is 1. The molecule has 2 rings (SSSR count). The van der Waals surface area contributed by atoms with Crippen molar-refractivity contribution in [2.24, 2.45) is 0 Å². The van der Waals surface area contributed by atoms with Crippen molar-refractivity contribution in [3.05, 3.63) is 23.4 Å². The van der Waals surface area contributed by atoms with Crippen molar-refractivity contribution in [2.75, 3.05) is 32.2 Å². The number of hydrogen-bond donors (Lipinski definition) is 1. The molecule has 4 nitrogen and oxygen atoms in total. The van der Waals surface area contributed by atoms with E-state index in [9.17, 15) is 0 Å². The van der Waals surface area contributed by atoms with Crippen LogP contribution in [0.4, 0.5) is 5.82 Å². The van der Waals surface area contributed by atoms with E-state index in [1.54, 1.807) is 0 Å². The molecule has 0 amide bonds. The molecule has 1 fully saturated rings. The van der Waals surface area contributed by atoms with Crippen molar-refractivity contribution in [1.29, 1.82) is 0 Å². The molecule has 1 aromatic rings. The minimum atomic E-state index is 0.551. The lowest BCUT2D eigenvalue weighted by Gasteiger charge is -2.32. The lowest BCUT2D eigenvalue weighted by molar-refractivity contribution is 0.0853. The number of nitrogens with zero attached hydrogens (tertiary/aromatic N) is 2. The zero-order chi connectivity index (χ0) is 13.0. The molecule has 1 aliphatic heterocycles. The first-order valence-electron chi connectivity index (χ1n) is 6.63. The van der Waals surface area contributed by atoms with Gasteiger partial charge in [-0.05, 0) is 44.5 Å². The van der Waals surface area contributed by atoms with Gasteiger partial charge in [0.2, 0.25) is 0 Å². The summed E-state index contributed by atoms with van der Waals surface area (Å²) in [6.45, 7) is 4.67. The van der Waals surface area contributed by atoms with Gasteiger partial charge in [-0.3, -0.25) is 0 Å². The van der Waals surface area contributed by atoms with Crippen LogP contribution >= 0.6 is 0 Å². The molecule has 2 heterocycles. The molecule has 100 valence electrons. The molecule has 0 spiro atoms. The molecule has 1 aromatic heterocycles. The second-order valence-corrected chi connectivity index (χ2v) is 4.96. The molecule has 1 aliphatic rings. The summed E-state index contributed by atoms with van der Waals surface area (Å²) in [5, 5.41) is 3.19. The second kappa shape index (κ2) is 6.16. The van der Waals surface area contributed by atoms with E-state index in [0.29, 0.717) is 6.04 Å². The predicted octanol–water partition coefficient (Wildman–Crippen LogP) is 1.72. The Hall–Kier alpha value is -1.13. The Morgan fingerprint density at radius 3 is 2.78 bits per heavy atom. The van der Waals surface area contributed by atoms with Gasteiger partial charge in [-0.25, -0.2) is 4.98 Å². The number of anilines is 1. The molecule has 0 atom stereocenters. The van der Waals surface area contributed by atoms with Crippen molar-refractivity contribution < 1.29 is 4.74 Å². The van der Waals surface area contributed by atoms with Crippen molar-refractivity contribution >= 4 is 5.82 Å². The van der Waals surface area contributed by atoms with Gasteiger partial charge >= 0.3 is 0 Å². The third-order valence-corrected chi connectivity index (χ3v) is 3.48. The van der Waals surface area contributed by atoms with Crippen LogP contribution in [-0.2, 0) is 11.3 Å². The molecular formula is C14H23N3O. The molecule has 1 saturated heterocycles. The number of rotatable bonds is 4. The third-order valence-electron chi connectivity index (χ3n) is 3.48. The first-order valence-corrected chi connectivity index (χ1v) is 6.63. The Labute approximate surface area is 109 Å². The van der Waals surface area contributed by atoms with Crippen LogP contribution in [0.25, 0.3) is 0 Å². The van der Waals surface area contributed by atoms with E-state index in [1.165, 1.54) is 5.56 Å². The van der Waals surface area contributed by atoms with E-state index in [4.69, 9.17) is 4.74 Å². The minimum absolute atomic E-state index is 0.551. The van der Waals surface area contributed by atoms with Crippen LogP contribution in [0.5, 0.6) is 0 Å². The first kappa shape index (κ1) is 13.3. The molecule has 18 heavy (non-hydrogen) atoms. The van der Waals surface area contributed by atoms with Gasteiger partial charge in [0.25, 0.3) is 0 Å². The van der Waals surface area contributed by atoms with Crippen molar-refractivity contribution in [3.63, 3.8) is 0 Å². The lowest BCUT2D eigenvalue weighted by Crippen LogP contribution is -2.37. The number of ether oxygens (including phenoxy) is 1. The molecule has 0 radical (unpaired) electrons. The molecule has 0 unspecified atom stereocenters. The fourth-order valence-electron chi connectivity index (χ4n) is 2.47. The zero-order valence-electron chi connectivity index (χ0n) is 11.6. The quantitative estimate of drug-likeness (QED) is 0.882. The van der Waals surface area contributed by atoms with E-state index in [-0.39, 0.29) is 0 Å². The highest BCUT2D eigenvalue weighted by molar-refractivity contribution is 5.43. The molecule has 0 aromatic carbocycles. The van der Waals surface area contributed by atoms with Gasteiger partial charge in [0.05, 0.1) is 0 Å². The van der Waals surface area contributed by atoms with Crippen LogP contribution in [-0.4, -0.2) is 38.3 Å². The van der Waals surface area contributed by atoms with Crippen LogP contribution in [0.15, 0.2) is 12.1 Å². The number of aryl methyl sites for hydroxylation is 1. The number of nitrogens with one attached hydrogen (secondary N) is 1. The molecule has 0 saturated carbocycles. The van der Waals surface area contributed by atoms with E-state index in [1.807, 2.05) is 7.05 Å². The van der Waals surface area contributed by atoms with Gasteiger partial charge in [0.1, 0.15) is 5.82 Å². The predicted molar refractivity (Wildman–Crippen MR) is 74.0 cm³/mol. The summed E-state index contributed by atoms with van der Waals surface area (Å²) in [6.07, 6.45) is 2.18. The highest BCUT2D eigenvalue weighted by Crippen LogP contribution is 2.21. The lowest BCUT2D eigenvalue weighted by atomic mass is 10.1. The second-order valence-electron chi connectivity index (χ2n) is 4.96. The van der Waals surface area contributed by atoms with Gasteiger partial charge in [0.15, 0.2) is 0 Å². The number of pyridine rings is 1. The van der Waals surface area contributed by atoms with E-state index in [2.05, 4.69) is 41.3 Å². The molecule has 4 heteroatoms. The van der Waals surface area contributed by atoms with Gasteiger partial charge in [-0.15, -0.1) is 0 Å². The Morgan fingerprint density at radius 2 is 2.11 bits per heavy atom. The average Bonchev–Trinajstić information content (AvgIpc) is 2.38. The van der Waals surface area contributed by atoms with Gasteiger partial charge < -0.3 is 15.0 Å². The normalized spacial score (nSPS) is 16.8. The van der Waals surface area contributed by atoms with Crippen LogP contribution in [0.1, 0.15) is 24.1 Å². The molecule has 0 bridgehead atoms. The van der Waals surface area contributed by atoms with Crippen LogP contribution in [0.2, 0.25) is 0 Å². The summed E-state index contributed by atoms with van der Waals surface area (Å²) in [6, 6.07) is 4.87. The van der Waals surface area contributed by atoms with E-state index < -0.39 is 0 Å². The summed E-state index contributed by atoms with van der Waals surface area (Å²) in [5.74, 6) is 1.08. The highest BCUT2D eigenvalue weighted by Gasteiger charge is 2.19.